The third kappa shape index (κ3) is 6.97. The Morgan fingerprint density at radius 1 is 0.962 bits per heavy atom. The van der Waals surface area contributed by atoms with Gasteiger partial charge in [-0.3, -0.25) is 9.79 Å². The van der Waals surface area contributed by atoms with Crippen LogP contribution in [0.15, 0.2) is 34.3 Å². The first kappa shape index (κ1) is 23.1. The number of carbonyl (C=O) groups is 1. The molecule has 0 atom stereocenters. The predicted molar refractivity (Wildman–Crippen MR) is 111 cm³/mol. The Kier molecular flexibility index (Phi) is 9.76. The van der Waals surface area contributed by atoms with E-state index in [9.17, 15) is 4.79 Å². The maximum absolute atomic E-state index is 11.1. The predicted octanol–water partition coefficient (Wildman–Crippen LogP) is 6.55. The Balaban J connectivity index is 0.00000105. The topological polar surface area (TPSA) is 41.8 Å². The van der Waals surface area contributed by atoms with Crippen LogP contribution < -0.4 is 0 Å². The van der Waals surface area contributed by atoms with E-state index < -0.39 is 0 Å². The molecule has 2 rings (SSSR count). The molecule has 26 heavy (non-hydrogen) atoms. The summed E-state index contributed by atoms with van der Waals surface area (Å²) in [6, 6.07) is 8.34. The summed E-state index contributed by atoms with van der Waals surface area (Å²) in [6.45, 7) is 11.6. The van der Waals surface area contributed by atoms with Gasteiger partial charge in [0.15, 0.2) is 0 Å². The van der Waals surface area contributed by atoms with Crippen LogP contribution in [0, 0.1) is 20.8 Å². The Morgan fingerprint density at radius 2 is 1.42 bits per heavy atom. The van der Waals surface area contributed by atoms with Crippen molar-refractivity contribution in [1.29, 1.82) is 0 Å². The molecule has 0 N–H and O–H groups in total. The van der Waals surface area contributed by atoms with Gasteiger partial charge in [-0.1, -0.05) is 17.7 Å². The standard InChI is InChI=1S/C19H22N2OS.2ClH.Fe/c1-11-9-12(2)19(13(3)10-11)21-15(5)18-8-7-17(23-18)14(4)20-16(6)22;;;/h7-10H,1-6H3;2*1H;/q;;;+2/p-2. The molecule has 0 spiro atoms. The van der Waals surface area contributed by atoms with Gasteiger partial charge in [0.2, 0.25) is 5.91 Å². The number of benzene rings is 1. The zero-order valence-electron chi connectivity index (χ0n) is 15.6. The van der Waals surface area contributed by atoms with Gasteiger partial charge in [-0.2, -0.15) is 0 Å². The minimum absolute atomic E-state index is 0.172. The number of aryl methyl sites for hydroxylation is 3. The Bertz CT molecular complexity index is 821. The van der Waals surface area contributed by atoms with Crippen molar-refractivity contribution in [2.75, 3.05) is 0 Å². The average Bonchev–Trinajstić information content (AvgIpc) is 3.01. The fourth-order valence-corrected chi connectivity index (χ4v) is 3.49. The van der Waals surface area contributed by atoms with Gasteiger partial charge in [0, 0.05) is 16.7 Å². The number of amides is 1. The quantitative estimate of drug-likeness (QED) is 0.384. The van der Waals surface area contributed by atoms with Gasteiger partial charge >= 0.3 is 33.3 Å². The molecular weight excluding hydrogens is 431 g/mol. The van der Waals surface area contributed by atoms with Crippen molar-refractivity contribution >= 4 is 54.6 Å². The van der Waals surface area contributed by atoms with Crippen LogP contribution in [0.3, 0.4) is 0 Å². The molecule has 1 aromatic heterocycles. The molecule has 0 radical (unpaired) electrons. The number of halogens is 2. The summed E-state index contributed by atoms with van der Waals surface area (Å²) in [5.41, 5.74) is 6.40. The van der Waals surface area contributed by atoms with Crippen LogP contribution in [0.1, 0.15) is 47.2 Å². The molecule has 0 fully saturated rings. The van der Waals surface area contributed by atoms with Crippen LogP contribution in [0.4, 0.5) is 5.69 Å². The van der Waals surface area contributed by atoms with Crippen LogP contribution in [0.25, 0.3) is 0 Å². The van der Waals surface area contributed by atoms with E-state index in [1.165, 1.54) is 23.6 Å². The molecule has 0 aliphatic carbocycles. The van der Waals surface area contributed by atoms with Crippen LogP contribution in [-0.2, 0) is 17.9 Å². The first-order chi connectivity index (χ1) is 12.2. The summed E-state index contributed by atoms with van der Waals surface area (Å²) < 4.78 is 0. The van der Waals surface area contributed by atoms with Crippen molar-refractivity contribution in [3.63, 3.8) is 0 Å². The Morgan fingerprint density at radius 3 is 1.88 bits per heavy atom. The summed E-state index contributed by atoms with van der Waals surface area (Å²) in [7, 11) is 9.53. The number of thiophene rings is 1. The van der Waals surface area contributed by atoms with Gasteiger partial charge in [0.05, 0.1) is 17.1 Å². The van der Waals surface area contributed by atoms with Gasteiger partial charge in [0.25, 0.3) is 0 Å². The average molecular weight is 453 g/mol. The van der Waals surface area contributed by atoms with Gasteiger partial charge in [0.1, 0.15) is 0 Å². The van der Waals surface area contributed by atoms with Crippen LogP contribution in [0.2, 0.25) is 0 Å². The second kappa shape index (κ2) is 11.0. The number of aliphatic imine (C=N–C) groups is 2. The molecule has 1 aromatic carbocycles. The van der Waals surface area contributed by atoms with E-state index in [2.05, 4.69) is 37.9 Å². The van der Waals surface area contributed by atoms with Gasteiger partial charge in [-0.15, -0.1) is 11.3 Å². The van der Waals surface area contributed by atoms with Crippen molar-refractivity contribution in [2.24, 2.45) is 9.98 Å². The SMILES string of the molecule is CC(=O)N=C(C)c1ccc(C(C)=Nc2c(C)cc(C)cc2C)s1.[Cl][Fe][Cl]. The molecular formula is C19H22Cl2FeN2OS. The third-order valence-corrected chi connectivity index (χ3v) is 4.86. The minimum atomic E-state index is -0.172. The second-order valence-electron chi connectivity index (χ2n) is 5.88. The molecule has 2 aromatic rings. The normalized spacial score (nSPS) is 12.0. The number of rotatable bonds is 3. The Labute approximate surface area is 174 Å². The second-order valence-corrected chi connectivity index (χ2v) is 8.78. The number of carbonyl (C=O) groups excluding carboxylic acids is 1. The molecule has 0 saturated carbocycles. The molecule has 0 aliphatic rings. The zero-order valence-corrected chi connectivity index (χ0v) is 19.1. The van der Waals surface area contributed by atoms with E-state index in [-0.39, 0.29) is 19.0 Å². The number of hydrogen-bond donors (Lipinski definition) is 0. The van der Waals surface area contributed by atoms with E-state index in [1.807, 2.05) is 26.0 Å². The first-order valence-electron chi connectivity index (χ1n) is 7.84. The van der Waals surface area contributed by atoms with Crippen LogP contribution >= 0.6 is 31.5 Å². The van der Waals surface area contributed by atoms with Gasteiger partial charge in [-0.05, 0) is 57.9 Å². The molecule has 7 heteroatoms. The third-order valence-electron chi connectivity index (χ3n) is 3.56. The van der Waals surface area contributed by atoms with E-state index >= 15 is 0 Å². The first-order valence-corrected chi connectivity index (χ1v) is 11.7. The molecule has 142 valence electrons. The van der Waals surface area contributed by atoms with Crippen molar-refractivity contribution in [2.45, 2.75) is 41.5 Å². The van der Waals surface area contributed by atoms with Gasteiger partial charge < -0.3 is 0 Å². The van der Waals surface area contributed by atoms with Gasteiger partial charge in [-0.25, -0.2) is 4.99 Å². The molecule has 0 saturated heterocycles. The molecule has 1 heterocycles. The molecule has 1 amide bonds. The van der Waals surface area contributed by atoms with E-state index in [0.717, 1.165) is 26.9 Å². The number of hydrogen-bond acceptors (Lipinski definition) is 3. The van der Waals surface area contributed by atoms with Crippen molar-refractivity contribution in [3.05, 3.63) is 50.7 Å². The van der Waals surface area contributed by atoms with E-state index in [0.29, 0.717) is 0 Å². The summed E-state index contributed by atoms with van der Waals surface area (Å²) in [6.07, 6.45) is 0. The number of nitrogens with zero attached hydrogens (tertiary/aromatic N) is 2. The summed E-state index contributed by atoms with van der Waals surface area (Å²) in [5, 5.41) is 0. The summed E-state index contributed by atoms with van der Waals surface area (Å²) in [5.74, 6) is -0.172. The van der Waals surface area contributed by atoms with Crippen molar-refractivity contribution < 1.29 is 17.9 Å². The van der Waals surface area contributed by atoms with Crippen LogP contribution in [0.5, 0.6) is 0 Å². The fraction of sp³-hybridized carbons (Fsp3) is 0.316. The summed E-state index contributed by atoms with van der Waals surface area (Å²) in [4.78, 5) is 22.0. The monoisotopic (exact) mass is 452 g/mol. The zero-order chi connectivity index (χ0) is 19.9. The van der Waals surface area contributed by atoms with Crippen molar-refractivity contribution in [3.8, 4) is 0 Å². The Hall–Kier alpha value is -0.971. The van der Waals surface area contributed by atoms with E-state index in [4.69, 9.17) is 25.2 Å². The molecule has 0 aliphatic heterocycles. The molecule has 3 nitrogen and oxygen atoms in total. The summed E-state index contributed by atoms with van der Waals surface area (Å²) >= 11 is 1.81. The fourth-order valence-electron chi connectivity index (χ4n) is 2.59. The maximum atomic E-state index is 11.1. The van der Waals surface area contributed by atoms with Crippen LogP contribution in [-0.4, -0.2) is 17.3 Å². The molecule has 0 bridgehead atoms. The molecule has 0 unspecified atom stereocenters. The van der Waals surface area contributed by atoms with Crippen molar-refractivity contribution in [1.82, 2.24) is 0 Å². The van der Waals surface area contributed by atoms with E-state index in [1.54, 1.807) is 11.3 Å².